The summed E-state index contributed by atoms with van der Waals surface area (Å²) < 4.78 is 39.1. The van der Waals surface area contributed by atoms with Gasteiger partial charge in [0.1, 0.15) is 0 Å². The Morgan fingerprint density at radius 3 is 2.50 bits per heavy atom. The number of nitro groups is 1. The fourth-order valence-electron chi connectivity index (χ4n) is 0.961. The van der Waals surface area contributed by atoms with E-state index in [-0.39, 0.29) is 5.69 Å². The van der Waals surface area contributed by atoms with Crippen LogP contribution in [0.3, 0.4) is 0 Å². The highest BCUT2D eigenvalue weighted by Gasteiger charge is 2.34. The molecule has 1 rings (SSSR count). The predicted octanol–water partition coefficient (Wildman–Crippen LogP) is 1.78. The van der Waals surface area contributed by atoms with Gasteiger partial charge in [-0.3, -0.25) is 16.0 Å². The van der Waals surface area contributed by atoms with Gasteiger partial charge in [-0.05, 0) is 12.1 Å². The van der Waals surface area contributed by atoms with Crippen LogP contribution in [0.1, 0.15) is 0 Å². The number of nitrogens with two attached hydrogens (primary N) is 1. The van der Waals surface area contributed by atoms with Crippen molar-refractivity contribution in [3.05, 3.63) is 28.3 Å². The van der Waals surface area contributed by atoms with Crippen molar-refractivity contribution in [2.24, 2.45) is 5.84 Å². The predicted molar refractivity (Wildman–Crippen MR) is 47.6 cm³/mol. The van der Waals surface area contributed by atoms with Crippen molar-refractivity contribution >= 4 is 11.4 Å². The molecule has 1 aromatic carbocycles. The van der Waals surface area contributed by atoms with Crippen molar-refractivity contribution in [1.82, 2.24) is 0 Å². The van der Waals surface area contributed by atoms with Gasteiger partial charge in [0.2, 0.25) is 5.75 Å². The average Bonchev–Trinajstić information content (AvgIpc) is 2.15. The van der Waals surface area contributed by atoms with E-state index in [9.17, 15) is 23.3 Å². The molecule has 9 heteroatoms. The van der Waals surface area contributed by atoms with Crippen molar-refractivity contribution < 1.29 is 22.8 Å². The molecule has 3 N–H and O–H groups in total. The molecule has 1 aromatic rings. The number of hydrogen-bond donors (Lipinski definition) is 2. The fraction of sp³-hybridized carbons (Fsp3) is 0.143. The van der Waals surface area contributed by atoms with Gasteiger partial charge >= 0.3 is 12.0 Å². The van der Waals surface area contributed by atoms with Gasteiger partial charge in [0.05, 0.1) is 10.6 Å². The molecule has 0 radical (unpaired) electrons. The number of alkyl halides is 3. The largest absolute Gasteiger partial charge is 0.573 e. The summed E-state index contributed by atoms with van der Waals surface area (Å²) in [4.78, 5) is 9.47. The van der Waals surface area contributed by atoms with E-state index in [0.717, 1.165) is 18.2 Å². The van der Waals surface area contributed by atoms with Crippen LogP contribution in [-0.2, 0) is 0 Å². The Kier molecular flexibility index (Phi) is 3.18. The van der Waals surface area contributed by atoms with Gasteiger partial charge in [0.15, 0.2) is 0 Å². The monoisotopic (exact) mass is 237 g/mol. The van der Waals surface area contributed by atoms with Crippen LogP contribution < -0.4 is 16.0 Å². The number of benzene rings is 1. The van der Waals surface area contributed by atoms with Crippen LogP contribution >= 0.6 is 0 Å². The SMILES string of the molecule is NNc1ccc(OC(F)(F)F)c([N+](=O)[O-])c1. The van der Waals surface area contributed by atoms with Crippen LogP contribution in [0, 0.1) is 10.1 Å². The molecule has 88 valence electrons. The Hall–Kier alpha value is -2.03. The van der Waals surface area contributed by atoms with Crippen LogP contribution in [0.2, 0.25) is 0 Å². The minimum Gasteiger partial charge on any atom is -0.398 e. The number of nitro benzene ring substituents is 1. The van der Waals surface area contributed by atoms with Crippen LogP contribution in [-0.4, -0.2) is 11.3 Å². The maximum absolute atomic E-state index is 11.9. The summed E-state index contributed by atoms with van der Waals surface area (Å²) in [7, 11) is 0. The Labute approximate surface area is 86.9 Å². The van der Waals surface area contributed by atoms with E-state index in [1.807, 2.05) is 0 Å². The smallest absolute Gasteiger partial charge is 0.398 e. The first-order valence-corrected chi connectivity index (χ1v) is 3.84. The van der Waals surface area contributed by atoms with Crippen LogP contribution in [0.5, 0.6) is 5.75 Å². The second-order valence-electron chi connectivity index (χ2n) is 2.63. The Morgan fingerprint density at radius 1 is 1.44 bits per heavy atom. The molecule has 0 aromatic heterocycles. The van der Waals surface area contributed by atoms with Crippen LogP contribution in [0.25, 0.3) is 0 Å². The zero-order chi connectivity index (χ0) is 12.3. The van der Waals surface area contributed by atoms with E-state index in [2.05, 4.69) is 10.2 Å². The van der Waals surface area contributed by atoms with Crippen molar-refractivity contribution in [2.75, 3.05) is 5.43 Å². The van der Waals surface area contributed by atoms with Crippen molar-refractivity contribution in [1.29, 1.82) is 0 Å². The molecular formula is C7H6F3N3O3. The topological polar surface area (TPSA) is 90.4 Å². The highest BCUT2D eigenvalue weighted by Crippen LogP contribution is 2.33. The molecule has 0 aliphatic rings. The molecule has 0 spiro atoms. The van der Waals surface area contributed by atoms with Gasteiger partial charge in [0.25, 0.3) is 0 Å². The van der Waals surface area contributed by atoms with Crippen LogP contribution in [0.15, 0.2) is 18.2 Å². The minimum atomic E-state index is -4.98. The number of hydrazine groups is 1. The summed E-state index contributed by atoms with van der Waals surface area (Å²) in [6.45, 7) is 0. The fourth-order valence-corrected chi connectivity index (χ4v) is 0.961. The summed E-state index contributed by atoms with van der Waals surface area (Å²) in [5.41, 5.74) is 1.34. The van der Waals surface area contributed by atoms with E-state index in [1.165, 1.54) is 0 Å². The maximum Gasteiger partial charge on any atom is 0.573 e. The highest BCUT2D eigenvalue weighted by atomic mass is 19.4. The van der Waals surface area contributed by atoms with Gasteiger partial charge in [0, 0.05) is 6.07 Å². The number of hydrogen-bond acceptors (Lipinski definition) is 5. The Morgan fingerprint density at radius 2 is 2.06 bits per heavy atom. The number of ether oxygens (including phenoxy) is 1. The van der Waals surface area contributed by atoms with Crippen molar-refractivity contribution in [3.63, 3.8) is 0 Å². The maximum atomic E-state index is 11.9. The lowest BCUT2D eigenvalue weighted by atomic mass is 10.2. The summed E-state index contributed by atoms with van der Waals surface area (Å²) >= 11 is 0. The molecule has 0 saturated heterocycles. The molecule has 0 saturated carbocycles. The number of rotatable bonds is 3. The third-order valence-electron chi connectivity index (χ3n) is 1.55. The Bertz CT molecular complexity index is 408. The van der Waals surface area contributed by atoms with E-state index < -0.39 is 22.7 Å². The third kappa shape index (κ3) is 2.98. The number of nitrogens with zero attached hydrogens (tertiary/aromatic N) is 1. The van der Waals surface area contributed by atoms with E-state index in [0.29, 0.717) is 0 Å². The first-order chi connectivity index (χ1) is 7.33. The molecule has 0 unspecified atom stereocenters. The number of anilines is 1. The highest BCUT2D eigenvalue weighted by molar-refractivity contribution is 5.58. The third-order valence-corrected chi connectivity index (χ3v) is 1.55. The van der Waals surface area contributed by atoms with Gasteiger partial charge in [-0.15, -0.1) is 13.2 Å². The van der Waals surface area contributed by atoms with E-state index in [1.54, 1.807) is 0 Å². The lowest BCUT2D eigenvalue weighted by molar-refractivity contribution is -0.388. The van der Waals surface area contributed by atoms with Gasteiger partial charge in [-0.2, -0.15) is 0 Å². The van der Waals surface area contributed by atoms with Gasteiger partial charge < -0.3 is 10.2 Å². The molecule has 0 bridgehead atoms. The molecule has 0 heterocycles. The lowest BCUT2D eigenvalue weighted by Crippen LogP contribution is -2.18. The first-order valence-electron chi connectivity index (χ1n) is 3.84. The van der Waals surface area contributed by atoms with E-state index in [4.69, 9.17) is 5.84 Å². The van der Waals surface area contributed by atoms with Crippen LogP contribution in [0.4, 0.5) is 24.5 Å². The first kappa shape index (κ1) is 12.0. The number of halogens is 3. The summed E-state index contributed by atoms with van der Waals surface area (Å²) in [6, 6.07) is 2.76. The standard InChI is InChI=1S/C7H6F3N3O3/c8-7(9,10)16-6-2-1-4(12-11)3-5(6)13(14)15/h1-3,12H,11H2. The second-order valence-corrected chi connectivity index (χ2v) is 2.63. The molecular weight excluding hydrogens is 231 g/mol. The molecule has 16 heavy (non-hydrogen) atoms. The zero-order valence-electron chi connectivity index (χ0n) is 7.62. The molecule has 6 nitrogen and oxygen atoms in total. The van der Waals surface area contributed by atoms with E-state index >= 15 is 0 Å². The Balaban J connectivity index is 3.13. The van der Waals surface area contributed by atoms with Gasteiger partial charge in [-0.1, -0.05) is 0 Å². The lowest BCUT2D eigenvalue weighted by Gasteiger charge is -2.09. The summed E-state index contributed by atoms with van der Waals surface area (Å²) in [5, 5.41) is 10.5. The molecule has 0 fully saturated rings. The number of nitrogens with one attached hydrogen (secondary N) is 1. The summed E-state index contributed by atoms with van der Waals surface area (Å²) in [5.74, 6) is 4.07. The molecule has 0 aliphatic carbocycles. The number of nitrogen functional groups attached to an aromatic ring is 1. The van der Waals surface area contributed by atoms with Gasteiger partial charge in [-0.25, -0.2) is 0 Å². The second kappa shape index (κ2) is 4.23. The summed E-state index contributed by atoms with van der Waals surface area (Å²) in [6.07, 6.45) is -4.98. The molecule has 0 atom stereocenters. The molecule has 0 aliphatic heterocycles. The quantitative estimate of drug-likeness (QED) is 0.475. The zero-order valence-corrected chi connectivity index (χ0v) is 7.62. The van der Waals surface area contributed by atoms with Crippen molar-refractivity contribution in [2.45, 2.75) is 6.36 Å². The minimum absolute atomic E-state index is 0.0984. The normalized spacial score (nSPS) is 11.0. The molecule has 0 amide bonds. The van der Waals surface area contributed by atoms with Crippen molar-refractivity contribution in [3.8, 4) is 5.75 Å². The average molecular weight is 237 g/mol.